The fraction of sp³-hybridized carbons (Fsp3) is 0.235. The van der Waals surface area contributed by atoms with E-state index in [-0.39, 0.29) is 6.61 Å². The highest BCUT2D eigenvalue weighted by Crippen LogP contribution is 2.25. The lowest BCUT2D eigenvalue weighted by atomic mass is 10.1. The van der Waals surface area contributed by atoms with Crippen molar-refractivity contribution in [3.8, 4) is 5.75 Å². The van der Waals surface area contributed by atoms with Gasteiger partial charge in [0.15, 0.2) is 0 Å². The molecule has 0 aliphatic carbocycles. The third-order valence-electron chi connectivity index (χ3n) is 3.25. The molecule has 23 heavy (non-hydrogen) atoms. The molecule has 6 heteroatoms. The van der Waals surface area contributed by atoms with Gasteiger partial charge in [-0.15, -0.1) is 0 Å². The zero-order chi connectivity index (χ0) is 16.8. The van der Waals surface area contributed by atoms with Crippen molar-refractivity contribution in [2.45, 2.75) is 13.2 Å². The van der Waals surface area contributed by atoms with Crippen molar-refractivity contribution < 1.29 is 19.0 Å². The Labute approximate surface area is 144 Å². The summed E-state index contributed by atoms with van der Waals surface area (Å²) in [5.74, 6) is -0.0203. The summed E-state index contributed by atoms with van der Waals surface area (Å²) in [7, 11) is 2.83. The van der Waals surface area contributed by atoms with E-state index in [9.17, 15) is 4.79 Å². The largest absolute Gasteiger partial charge is 0.496 e. The first-order valence-electron chi connectivity index (χ1n) is 6.82. The Morgan fingerprint density at radius 2 is 1.78 bits per heavy atom. The number of benzene rings is 2. The molecule has 2 aromatic rings. The van der Waals surface area contributed by atoms with Gasteiger partial charge in [0.2, 0.25) is 0 Å². The number of esters is 1. The second kappa shape index (κ2) is 8.20. The minimum atomic E-state index is -0.467. The molecular weight excluding hydrogens is 339 g/mol. The van der Waals surface area contributed by atoms with Crippen LogP contribution < -0.4 is 4.74 Å². The van der Waals surface area contributed by atoms with Crippen molar-refractivity contribution in [2.75, 3.05) is 14.2 Å². The molecule has 0 aliphatic rings. The average molecular weight is 355 g/mol. The van der Waals surface area contributed by atoms with Crippen LogP contribution in [0, 0.1) is 0 Å². The molecule has 0 bridgehead atoms. The molecule has 0 aromatic heterocycles. The SMILES string of the molecule is COC(=O)c1c(COCc2ccc(Cl)cc2Cl)cccc1OC. The van der Waals surface area contributed by atoms with Gasteiger partial charge in [0, 0.05) is 10.0 Å². The smallest absolute Gasteiger partial charge is 0.342 e. The third-order valence-corrected chi connectivity index (χ3v) is 3.84. The van der Waals surface area contributed by atoms with Crippen LogP contribution in [0.2, 0.25) is 10.0 Å². The number of halogens is 2. The van der Waals surface area contributed by atoms with Gasteiger partial charge in [-0.1, -0.05) is 41.4 Å². The normalized spacial score (nSPS) is 10.4. The maximum absolute atomic E-state index is 11.9. The molecule has 0 saturated carbocycles. The standard InChI is InChI=1S/C17H16Cl2O4/c1-21-15-5-3-4-12(16(15)17(20)22-2)10-23-9-11-6-7-13(18)8-14(11)19/h3-8H,9-10H2,1-2H3. The molecule has 0 N–H and O–H groups in total. The molecule has 0 saturated heterocycles. The van der Waals surface area contributed by atoms with Gasteiger partial charge in [0.1, 0.15) is 11.3 Å². The van der Waals surface area contributed by atoms with Crippen LogP contribution in [0.25, 0.3) is 0 Å². The van der Waals surface area contributed by atoms with E-state index in [0.29, 0.717) is 33.5 Å². The first-order valence-corrected chi connectivity index (χ1v) is 7.58. The lowest BCUT2D eigenvalue weighted by Gasteiger charge is -2.13. The first kappa shape index (κ1) is 17.6. The Bertz CT molecular complexity index is 701. The van der Waals surface area contributed by atoms with Crippen molar-refractivity contribution in [2.24, 2.45) is 0 Å². The zero-order valence-corrected chi connectivity index (χ0v) is 14.3. The number of hydrogen-bond acceptors (Lipinski definition) is 4. The molecule has 4 nitrogen and oxygen atoms in total. The fourth-order valence-electron chi connectivity index (χ4n) is 2.11. The summed E-state index contributed by atoms with van der Waals surface area (Å²) in [6.07, 6.45) is 0. The van der Waals surface area contributed by atoms with E-state index in [1.807, 2.05) is 0 Å². The van der Waals surface area contributed by atoms with Gasteiger partial charge in [-0.2, -0.15) is 0 Å². The summed E-state index contributed by atoms with van der Waals surface area (Å²) >= 11 is 12.0. The maximum atomic E-state index is 11.9. The molecule has 0 heterocycles. The Kier molecular flexibility index (Phi) is 6.28. The van der Waals surface area contributed by atoms with E-state index in [1.165, 1.54) is 14.2 Å². The molecule has 0 aliphatic heterocycles. The van der Waals surface area contributed by atoms with E-state index in [0.717, 1.165) is 5.56 Å². The van der Waals surface area contributed by atoms with Crippen LogP contribution in [-0.4, -0.2) is 20.2 Å². The van der Waals surface area contributed by atoms with Crippen LogP contribution in [-0.2, 0) is 22.7 Å². The molecule has 2 rings (SSSR count). The highest BCUT2D eigenvalue weighted by molar-refractivity contribution is 6.35. The van der Waals surface area contributed by atoms with E-state index < -0.39 is 5.97 Å². The van der Waals surface area contributed by atoms with Gasteiger partial charge in [-0.25, -0.2) is 4.79 Å². The number of methoxy groups -OCH3 is 2. The quantitative estimate of drug-likeness (QED) is 0.716. The first-order chi connectivity index (χ1) is 11.1. The number of carbonyl (C=O) groups excluding carboxylic acids is 1. The summed E-state index contributed by atoms with van der Waals surface area (Å²) in [5, 5.41) is 1.11. The molecule has 122 valence electrons. The highest BCUT2D eigenvalue weighted by atomic mass is 35.5. The monoisotopic (exact) mass is 354 g/mol. The van der Waals surface area contributed by atoms with Gasteiger partial charge >= 0.3 is 5.97 Å². The van der Waals surface area contributed by atoms with Crippen LogP contribution in [0.1, 0.15) is 21.5 Å². The van der Waals surface area contributed by atoms with Crippen LogP contribution in [0.4, 0.5) is 0 Å². The Morgan fingerprint density at radius 3 is 2.43 bits per heavy atom. The summed E-state index contributed by atoms with van der Waals surface area (Å²) in [4.78, 5) is 11.9. The molecular formula is C17H16Cl2O4. The second-order valence-corrected chi connectivity index (χ2v) is 5.56. The van der Waals surface area contributed by atoms with Gasteiger partial charge in [-0.3, -0.25) is 0 Å². The van der Waals surface area contributed by atoms with Gasteiger partial charge < -0.3 is 14.2 Å². The number of ether oxygens (including phenoxy) is 3. The van der Waals surface area contributed by atoms with Crippen LogP contribution in [0.5, 0.6) is 5.75 Å². The highest BCUT2D eigenvalue weighted by Gasteiger charge is 2.17. The zero-order valence-electron chi connectivity index (χ0n) is 12.8. The van der Waals surface area contributed by atoms with Crippen molar-refractivity contribution in [3.05, 3.63) is 63.1 Å². The lowest BCUT2D eigenvalue weighted by molar-refractivity contribution is 0.0585. The summed E-state index contributed by atoms with van der Waals surface area (Å²) < 4.78 is 15.7. The Morgan fingerprint density at radius 1 is 1.04 bits per heavy atom. The summed E-state index contributed by atoms with van der Waals surface area (Å²) in [5.41, 5.74) is 1.86. The third kappa shape index (κ3) is 4.38. The molecule has 2 aromatic carbocycles. The van der Waals surface area contributed by atoms with Gasteiger partial charge in [-0.05, 0) is 29.3 Å². The van der Waals surface area contributed by atoms with E-state index >= 15 is 0 Å². The molecule has 0 unspecified atom stereocenters. The van der Waals surface area contributed by atoms with Crippen LogP contribution in [0.15, 0.2) is 36.4 Å². The minimum absolute atomic E-state index is 0.223. The molecule has 0 spiro atoms. The van der Waals surface area contributed by atoms with Gasteiger partial charge in [0.05, 0.1) is 27.4 Å². The topological polar surface area (TPSA) is 44.8 Å². The lowest BCUT2D eigenvalue weighted by Crippen LogP contribution is -2.09. The van der Waals surface area contributed by atoms with E-state index in [4.69, 9.17) is 37.4 Å². The van der Waals surface area contributed by atoms with Crippen molar-refractivity contribution in [3.63, 3.8) is 0 Å². The van der Waals surface area contributed by atoms with E-state index in [2.05, 4.69) is 0 Å². The van der Waals surface area contributed by atoms with Crippen molar-refractivity contribution in [1.82, 2.24) is 0 Å². The number of hydrogen-bond donors (Lipinski definition) is 0. The Balaban J connectivity index is 2.12. The van der Waals surface area contributed by atoms with Crippen LogP contribution in [0.3, 0.4) is 0 Å². The molecule has 0 atom stereocenters. The van der Waals surface area contributed by atoms with Crippen LogP contribution >= 0.6 is 23.2 Å². The minimum Gasteiger partial charge on any atom is -0.496 e. The fourth-order valence-corrected chi connectivity index (χ4v) is 2.57. The number of carbonyl (C=O) groups is 1. The molecule has 0 radical (unpaired) electrons. The van der Waals surface area contributed by atoms with Crippen molar-refractivity contribution in [1.29, 1.82) is 0 Å². The van der Waals surface area contributed by atoms with Gasteiger partial charge in [0.25, 0.3) is 0 Å². The van der Waals surface area contributed by atoms with E-state index in [1.54, 1.807) is 36.4 Å². The predicted octanol–water partition coefficient (Wildman–Crippen LogP) is 4.51. The van der Waals surface area contributed by atoms with Crippen molar-refractivity contribution >= 4 is 29.2 Å². The maximum Gasteiger partial charge on any atom is 0.342 e. The Hall–Kier alpha value is -1.75. The number of rotatable bonds is 6. The average Bonchev–Trinajstić information content (AvgIpc) is 2.55. The summed E-state index contributed by atoms with van der Waals surface area (Å²) in [6, 6.07) is 10.5. The molecule has 0 amide bonds. The predicted molar refractivity (Wildman–Crippen MR) is 89.3 cm³/mol. The molecule has 0 fully saturated rings. The second-order valence-electron chi connectivity index (χ2n) is 4.71. The summed E-state index contributed by atoms with van der Waals surface area (Å²) in [6.45, 7) is 0.522.